The molecule has 0 spiro atoms. The van der Waals surface area contributed by atoms with E-state index in [-0.39, 0.29) is 17.1 Å². The van der Waals surface area contributed by atoms with Crippen LogP contribution in [0.25, 0.3) is 0 Å². The van der Waals surface area contributed by atoms with Crippen molar-refractivity contribution in [2.45, 2.75) is 23.8 Å². The van der Waals surface area contributed by atoms with Crippen molar-refractivity contribution < 1.29 is 18.3 Å². The fourth-order valence-electron chi connectivity index (χ4n) is 2.12. The second-order valence-electron chi connectivity index (χ2n) is 4.15. The molecule has 0 aromatic heterocycles. The van der Waals surface area contributed by atoms with Crippen LogP contribution in [0.15, 0.2) is 29.2 Å². The predicted octanol–water partition coefficient (Wildman–Crippen LogP) is 0.506. The van der Waals surface area contributed by atoms with Crippen LogP contribution in [-0.4, -0.2) is 36.4 Å². The van der Waals surface area contributed by atoms with Crippen LogP contribution in [0.2, 0.25) is 0 Å². The zero-order valence-electron chi connectivity index (χ0n) is 9.61. The van der Waals surface area contributed by atoms with Gasteiger partial charge in [0.2, 0.25) is 10.0 Å². The molecule has 1 saturated heterocycles. The van der Waals surface area contributed by atoms with Crippen molar-refractivity contribution >= 4 is 21.7 Å². The van der Waals surface area contributed by atoms with E-state index in [0.717, 1.165) is 4.31 Å². The number of benzene rings is 1. The minimum Gasteiger partial charge on any atom is -0.480 e. The summed E-state index contributed by atoms with van der Waals surface area (Å²) in [5.41, 5.74) is 5.78. The average Bonchev–Trinajstić information content (AvgIpc) is 2.78. The van der Waals surface area contributed by atoms with Crippen molar-refractivity contribution in [1.82, 2.24) is 4.31 Å². The van der Waals surface area contributed by atoms with Crippen LogP contribution in [0.3, 0.4) is 0 Å². The number of hydrogen-bond donors (Lipinski definition) is 2. The summed E-state index contributed by atoms with van der Waals surface area (Å²) in [4.78, 5) is 11.0. The van der Waals surface area contributed by atoms with Crippen LogP contribution in [-0.2, 0) is 14.8 Å². The second-order valence-corrected chi connectivity index (χ2v) is 6.01. The smallest absolute Gasteiger partial charge is 0.322 e. The first-order valence-corrected chi connectivity index (χ1v) is 6.98. The SMILES string of the molecule is Nc1ccccc1S(=O)(=O)N1CCC[C@H]1C(=O)O. The van der Waals surface area contributed by atoms with Gasteiger partial charge in [-0.1, -0.05) is 12.1 Å². The second kappa shape index (κ2) is 4.58. The first kappa shape index (κ1) is 12.8. The van der Waals surface area contributed by atoms with Gasteiger partial charge in [0.15, 0.2) is 0 Å². The van der Waals surface area contributed by atoms with E-state index >= 15 is 0 Å². The van der Waals surface area contributed by atoms with Crippen LogP contribution >= 0.6 is 0 Å². The largest absolute Gasteiger partial charge is 0.480 e. The van der Waals surface area contributed by atoms with E-state index in [1.807, 2.05) is 0 Å². The Kier molecular flexibility index (Phi) is 3.27. The van der Waals surface area contributed by atoms with Gasteiger partial charge in [-0.15, -0.1) is 0 Å². The maximum Gasteiger partial charge on any atom is 0.322 e. The molecule has 1 atom stereocenters. The first-order valence-electron chi connectivity index (χ1n) is 5.54. The molecule has 18 heavy (non-hydrogen) atoms. The van der Waals surface area contributed by atoms with Crippen LogP contribution in [0.4, 0.5) is 5.69 Å². The summed E-state index contributed by atoms with van der Waals surface area (Å²) in [7, 11) is -3.84. The van der Waals surface area contributed by atoms with Crippen LogP contribution in [0, 0.1) is 0 Å². The van der Waals surface area contributed by atoms with Gasteiger partial charge >= 0.3 is 5.97 Å². The lowest BCUT2D eigenvalue weighted by Crippen LogP contribution is -2.40. The van der Waals surface area contributed by atoms with Crippen molar-refractivity contribution in [2.24, 2.45) is 0 Å². The number of carbonyl (C=O) groups is 1. The third-order valence-electron chi connectivity index (χ3n) is 2.99. The molecule has 0 bridgehead atoms. The first-order chi connectivity index (χ1) is 8.44. The molecule has 6 nitrogen and oxygen atoms in total. The molecule has 1 heterocycles. The fraction of sp³-hybridized carbons (Fsp3) is 0.364. The lowest BCUT2D eigenvalue weighted by Gasteiger charge is -2.21. The number of para-hydroxylation sites is 1. The van der Waals surface area contributed by atoms with Crippen molar-refractivity contribution in [3.8, 4) is 0 Å². The summed E-state index contributed by atoms with van der Waals surface area (Å²) in [6.07, 6.45) is 0.879. The van der Waals surface area contributed by atoms with Gasteiger partial charge in [-0.05, 0) is 25.0 Å². The third-order valence-corrected chi connectivity index (χ3v) is 4.98. The molecular weight excluding hydrogens is 256 g/mol. The number of anilines is 1. The minimum absolute atomic E-state index is 0.0295. The maximum absolute atomic E-state index is 12.4. The van der Waals surface area contributed by atoms with E-state index in [4.69, 9.17) is 10.8 Å². The van der Waals surface area contributed by atoms with E-state index in [1.54, 1.807) is 12.1 Å². The zero-order chi connectivity index (χ0) is 13.3. The van der Waals surface area contributed by atoms with E-state index in [0.29, 0.717) is 12.8 Å². The molecule has 1 aliphatic heterocycles. The number of nitrogen functional groups attached to an aromatic ring is 1. The molecule has 2 rings (SSSR count). The molecule has 1 aromatic carbocycles. The molecule has 0 radical (unpaired) electrons. The van der Waals surface area contributed by atoms with Crippen LogP contribution < -0.4 is 5.73 Å². The Hall–Kier alpha value is -1.60. The monoisotopic (exact) mass is 270 g/mol. The summed E-state index contributed by atoms with van der Waals surface area (Å²) >= 11 is 0. The van der Waals surface area contributed by atoms with Gasteiger partial charge < -0.3 is 10.8 Å². The standard InChI is InChI=1S/C11H14N2O4S/c12-8-4-1-2-6-10(8)18(16,17)13-7-3-5-9(13)11(14)15/h1-2,4,6,9H,3,5,7,12H2,(H,14,15)/t9-/m0/s1. The number of nitrogens with zero attached hydrogens (tertiary/aromatic N) is 1. The summed E-state index contributed by atoms with van der Waals surface area (Å²) in [6, 6.07) is 5.08. The van der Waals surface area contributed by atoms with Crippen LogP contribution in [0.1, 0.15) is 12.8 Å². The van der Waals surface area contributed by atoms with E-state index < -0.39 is 22.0 Å². The molecular formula is C11H14N2O4S. The van der Waals surface area contributed by atoms with E-state index in [9.17, 15) is 13.2 Å². The zero-order valence-corrected chi connectivity index (χ0v) is 10.4. The van der Waals surface area contributed by atoms with Crippen molar-refractivity contribution in [1.29, 1.82) is 0 Å². The average molecular weight is 270 g/mol. The summed E-state index contributed by atoms with van der Waals surface area (Å²) in [5.74, 6) is -1.12. The van der Waals surface area contributed by atoms with E-state index in [1.165, 1.54) is 12.1 Å². The van der Waals surface area contributed by atoms with Gasteiger partial charge in [0, 0.05) is 6.54 Å². The number of aliphatic carboxylic acids is 1. The topological polar surface area (TPSA) is 101 Å². The molecule has 0 saturated carbocycles. The Morgan fingerprint density at radius 2 is 2.06 bits per heavy atom. The Balaban J connectivity index is 2.43. The van der Waals surface area contributed by atoms with Crippen molar-refractivity contribution in [3.63, 3.8) is 0 Å². The lowest BCUT2D eigenvalue weighted by molar-refractivity contribution is -0.140. The highest BCUT2D eigenvalue weighted by molar-refractivity contribution is 7.89. The van der Waals surface area contributed by atoms with Crippen LogP contribution in [0.5, 0.6) is 0 Å². The van der Waals surface area contributed by atoms with Crippen molar-refractivity contribution in [2.75, 3.05) is 12.3 Å². The Morgan fingerprint density at radius 3 is 2.67 bits per heavy atom. The Labute approximate surface area is 105 Å². The maximum atomic E-state index is 12.4. The number of hydrogen-bond acceptors (Lipinski definition) is 4. The normalized spacial score (nSPS) is 21.0. The van der Waals surface area contributed by atoms with E-state index in [2.05, 4.69) is 0 Å². The lowest BCUT2D eigenvalue weighted by atomic mass is 10.2. The van der Waals surface area contributed by atoms with Gasteiger partial charge in [-0.3, -0.25) is 4.79 Å². The molecule has 0 amide bonds. The number of sulfonamides is 1. The molecule has 0 unspecified atom stereocenters. The Morgan fingerprint density at radius 1 is 1.39 bits per heavy atom. The minimum atomic E-state index is -3.84. The molecule has 98 valence electrons. The highest BCUT2D eigenvalue weighted by Crippen LogP contribution is 2.28. The van der Waals surface area contributed by atoms with Gasteiger partial charge in [0.05, 0.1) is 5.69 Å². The molecule has 1 aromatic rings. The van der Waals surface area contributed by atoms with Gasteiger partial charge in [0.25, 0.3) is 0 Å². The predicted molar refractivity (Wildman–Crippen MR) is 65.4 cm³/mol. The summed E-state index contributed by atoms with van der Waals surface area (Å²) in [5, 5.41) is 9.03. The molecule has 7 heteroatoms. The molecule has 3 N–H and O–H groups in total. The van der Waals surface area contributed by atoms with Gasteiger partial charge in [-0.25, -0.2) is 8.42 Å². The molecule has 1 aliphatic rings. The fourth-order valence-corrected chi connectivity index (χ4v) is 3.89. The Bertz CT molecular complexity index is 570. The number of nitrogens with two attached hydrogens (primary N) is 1. The van der Waals surface area contributed by atoms with Gasteiger partial charge in [0.1, 0.15) is 10.9 Å². The molecule has 0 aliphatic carbocycles. The summed E-state index contributed by atoms with van der Waals surface area (Å²) < 4.78 is 25.7. The van der Waals surface area contributed by atoms with Gasteiger partial charge in [-0.2, -0.15) is 4.31 Å². The van der Waals surface area contributed by atoms with Crippen molar-refractivity contribution in [3.05, 3.63) is 24.3 Å². The third kappa shape index (κ3) is 2.06. The highest BCUT2D eigenvalue weighted by Gasteiger charge is 2.39. The summed E-state index contributed by atoms with van der Waals surface area (Å²) in [6.45, 7) is 0.216. The number of carboxylic acid groups (broad SMARTS) is 1. The molecule has 1 fully saturated rings. The number of carboxylic acids is 1. The number of rotatable bonds is 3. The highest BCUT2D eigenvalue weighted by atomic mass is 32.2. The quantitative estimate of drug-likeness (QED) is 0.779.